The van der Waals surface area contributed by atoms with Gasteiger partial charge in [-0.2, -0.15) is 0 Å². The fourth-order valence-corrected chi connectivity index (χ4v) is 1.74. The van der Waals surface area contributed by atoms with Gasteiger partial charge in [0.2, 0.25) is 0 Å². The maximum Gasteiger partial charge on any atom is 0.189 e. The number of benzene rings is 2. The highest BCUT2D eigenvalue weighted by atomic mass is 16.7. The molecule has 0 amide bonds. The lowest BCUT2D eigenvalue weighted by atomic mass is 10.1. The van der Waals surface area contributed by atoms with Crippen molar-refractivity contribution in [2.45, 2.75) is 13.8 Å². The van der Waals surface area contributed by atoms with Crippen molar-refractivity contribution in [1.82, 2.24) is 0 Å². The Labute approximate surface area is 95.8 Å². The molecule has 0 aliphatic heterocycles. The molecule has 0 saturated heterocycles. The summed E-state index contributed by atoms with van der Waals surface area (Å²) in [5, 5.41) is 2.37. The smallest absolute Gasteiger partial charge is 0.189 e. The first-order valence-electron chi connectivity index (χ1n) is 5.52. The highest BCUT2D eigenvalue weighted by Gasteiger charge is 2.03. The van der Waals surface area contributed by atoms with Crippen LogP contribution in [-0.4, -0.2) is 13.4 Å². The lowest BCUT2D eigenvalue weighted by Crippen LogP contribution is -2.02. The maximum atomic E-state index is 5.59. The average Bonchev–Trinajstić information content (AvgIpc) is 2.33. The number of hydrogen-bond donors (Lipinski definition) is 0. The Morgan fingerprint density at radius 1 is 1.00 bits per heavy atom. The predicted octanol–water partition coefficient (Wildman–Crippen LogP) is 3.52. The van der Waals surface area contributed by atoms with Gasteiger partial charge in [0.05, 0.1) is 0 Å². The molecule has 2 aromatic carbocycles. The molecule has 2 nitrogen and oxygen atoms in total. The zero-order valence-corrected chi connectivity index (χ0v) is 9.69. The molecule has 0 atom stereocenters. The summed E-state index contributed by atoms with van der Waals surface area (Å²) in [4.78, 5) is 0. The van der Waals surface area contributed by atoms with Crippen molar-refractivity contribution in [2.75, 3.05) is 13.4 Å². The van der Waals surface area contributed by atoms with E-state index in [-0.39, 0.29) is 0 Å². The van der Waals surface area contributed by atoms with Gasteiger partial charge in [-0.15, -0.1) is 0 Å². The second kappa shape index (κ2) is 4.99. The largest absolute Gasteiger partial charge is 0.467 e. The lowest BCUT2D eigenvalue weighted by molar-refractivity contribution is 0.0233. The second-order valence-electron chi connectivity index (χ2n) is 3.68. The van der Waals surface area contributed by atoms with E-state index in [1.54, 1.807) is 0 Å². The van der Waals surface area contributed by atoms with E-state index in [4.69, 9.17) is 9.47 Å². The van der Waals surface area contributed by atoms with E-state index in [0.29, 0.717) is 13.4 Å². The van der Waals surface area contributed by atoms with Crippen LogP contribution in [0.1, 0.15) is 12.5 Å². The molecule has 0 unspecified atom stereocenters. The van der Waals surface area contributed by atoms with Crippen LogP contribution in [0.3, 0.4) is 0 Å². The SMILES string of the molecule is CCOCOc1ccc(C)c2ccccc12. The van der Waals surface area contributed by atoms with Crippen molar-refractivity contribution < 1.29 is 9.47 Å². The Hall–Kier alpha value is -1.54. The van der Waals surface area contributed by atoms with E-state index < -0.39 is 0 Å². The first-order chi connectivity index (χ1) is 7.83. The Balaban J connectivity index is 2.35. The fraction of sp³-hybridized carbons (Fsp3) is 0.286. The zero-order valence-electron chi connectivity index (χ0n) is 9.69. The predicted molar refractivity (Wildman–Crippen MR) is 65.8 cm³/mol. The standard InChI is InChI=1S/C14H16O2/c1-3-15-10-16-14-9-8-11(2)12-6-4-5-7-13(12)14/h4-9H,3,10H2,1-2H3. The average molecular weight is 216 g/mol. The van der Waals surface area contributed by atoms with Crippen LogP contribution in [0.25, 0.3) is 10.8 Å². The van der Waals surface area contributed by atoms with E-state index in [1.807, 2.05) is 25.1 Å². The van der Waals surface area contributed by atoms with Gasteiger partial charge in [0, 0.05) is 12.0 Å². The maximum absolute atomic E-state index is 5.59. The third-order valence-electron chi connectivity index (χ3n) is 2.60. The Morgan fingerprint density at radius 2 is 1.75 bits per heavy atom. The van der Waals surface area contributed by atoms with Crippen LogP contribution in [0.5, 0.6) is 5.75 Å². The van der Waals surface area contributed by atoms with Crippen LogP contribution in [-0.2, 0) is 4.74 Å². The minimum atomic E-state index is 0.309. The summed E-state index contributed by atoms with van der Waals surface area (Å²) < 4.78 is 10.8. The van der Waals surface area contributed by atoms with Crippen LogP contribution in [0.4, 0.5) is 0 Å². The Bertz CT molecular complexity index is 477. The molecule has 0 aliphatic rings. The van der Waals surface area contributed by atoms with Crippen LogP contribution in [0, 0.1) is 6.92 Å². The van der Waals surface area contributed by atoms with Crippen molar-refractivity contribution >= 4 is 10.8 Å². The number of fused-ring (bicyclic) bond motifs is 1. The number of rotatable bonds is 4. The topological polar surface area (TPSA) is 18.5 Å². The minimum absolute atomic E-state index is 0.309. The molecule has 0 radical (unpaired) electrons. The fourth-order valence-electron chi connectivity index (χ4n) is 1.74. The monoisotopic (exact) mass is 216 g/mol. The van der Waals surface area contributed by atoms with Gasteiger partial charge in [0.25, 0.3) is 0 Å². The highest BCUT2D eigenvalue weighted by molar-refractivity contribution is 5.90. The second-order valence-corrected chi connectivity index (χ2v) is 3.68. The first-order valence-corrected chi connectivity index (χ1v) is 5.52. The van der Waals surface area contributed by atoms with Gasteiger partial charge >= 0.3 is 0 Å². The van der Waals surface area contributed by atoms with E-state index in [2.05, 4.69) is 25.1 Å². The molecule has 0 heterocycles. The number of aryl methyl sites for hydroxylation is 1. The quantitative estimate of drug-likeness (QED) is 0.575. The van der Waals surface area contributed by atoms with Crippen LogP contribution < -0.4 is 4.74 Å². The van der Waals surface area contributed by atoms with Crippen molar-refractivity contribution in [2.24, 2.45) is 0 Å². The molecule has 2 heteroatoms. The summed E-state index contributed by atoms with van der Waals surface area (Å²) in [5.74, 6) is 0.884. The van der Waals surface area contributed by atoms with Crippen molar-refractivity contribution in [3.8, 4) is 5.75 Å². The van der Waals surface area contributed by atoms with E-state index in [0.717, 1.165) is 11.1 Å². The van der Waals surface area contributed by atoms with Crippen LogP contribution in [0.2, 0.25) is 0 Å². The summed E-state index contributed by atoms with van der Waals surface area (Å²) in [7, 11) is 0. The van der Waals surface area contributed by atoms with Gasteiger partial charge in [0.15, 0.2) is 6.79 Å². The molecule has 0 aliphatic carbocycles. The molecule has 2 rings (SSSR count). The Morgan fingerprint density at radius 3 is 2.50 bits per heavy atom. The molecule has 0 fully saturated rings. The third-order valence-corrected chi connectivity index (χ3v) is 2.60. The first kappa shape index (κ1) is 11.0. The van der Waals surface area contributed by atoms with Crippen LogP contribution in [0.15, 0.2) is 36.4 Å². The van der Waals surface area contributed by atoms with Gasteiger partial charge in [0.1, 0.15) is 5.75 Å². The Kier molecular flexibility index (Phi) is 3.42. The third kappa shape index (κ3) is 2.17. The lowest BCUT2D eigenvalue weighted by Gasteiger charge is -2.10. The highest BCUT2D eigenvalue weighted by Crippen LogP contribution is 2.27. The summed E-state index contributed by atoms with van der Waals surface area (Å²) in [6.07, 6.45) is 0. The van der Waals surface area contributed by atoms with E-state index in [9.17, 15) is 0 Å². The van der Waals surface area contributed by atoms with Gasteiger partial charge < -0.3 is 9.47 Å². The summed E-state index contributed by atoms with van der Waals surface area (Å²) in [6, 6.07) is 12.3. The molecular formula is C14H16O2. The molecule has 0 aromatic heterocycles. The van der Waals surface area contributed by atoms with Crippen LogP contribution >= 0.6 is 0 Å². The molecule has 0 N–H and O–H groups in total. The molecule has 2 aromatic rings. The summed E-state index contributed by atoms with van der Waals surface area (Å²) in [5.41, 5.74) is 1.26. The van der Waals surface area contributed by atoms with E-state index in [1.165, 1.54) is 10.9 Å². The summed E-state index contributed by atoms with van der Waals surface area (Å²) >= 11 is 0. The van der Waals surface area contributed by atoms with Gasteiger partial charge in [-0.3, -0.25) is 0 Å². The van der Waals surface area contributed by atoms with Gasteiger partial charge in [-0.25, -0.2) is 0 Å². The number of hydrogen-bond acceptors (Lipinski definition) is 2. The normalized spacial score (nSPS) is 10.6. The zero-order chi connectivity index (χ0) is 11.4. The van der Waals surface area contributed by atoms with Gasteiger partial charge in [-0.05, 0) is 30.9 Å². The van der Waals surface area contributed by atoms with Crippen molar-refractivity contribution in [3.63, 3.8) is 0 Å². The molecule has 0 bridgehead atoms. The summed E-state index contributed by atoms with van der Waals surface area (Å²) in [6.45, 7) is 5.04. The minimum Gasteiger partial charge on any atom is -0.467 e. The molecule has 84 valence electrons. The molecule has 16 heavy (non-hydrogen) atoms. The van der Waals surface area contributed by atoms with Gasteiger partial charge in [-0.1, -0.05) is 30.3 Å². The molecule has 0 saturated carbocycles. The van der Waals surface area contributed by atoms with Crippen molar-refractivity contribution in [1.29, 1.82) is 0 Å². The van der Waals surface area contributed by atoms with Crippen molar-refractivity contribution in [3.05, 3.63) is 42.0 Å². The number of ether oxygens (including phenoxy) is 2. The molecular weight excluding hydrogens is 200 g/mol. The molecule has 0 spiro atoms. The van der Waals surface area contributed by atoms with E-state index >= 15 is 0 Å².